The zero-order valence-corrected chi connectivity index (χ0v) is 21.0. The Labute approximate surface area is 194 Å². The van der Waals surface area contributed by atoms with Crippen molar-refractivity contribution in [2.24, 2.45) is 46.3 Å². The molecule has 0 spiro atoms. The molecule has 0 aliphatic heterocycles. The molecule has 3 fully saturated rings. The van der Waals surface area contributed by atoms with E-state index in [1.165, 1.54) is 5.57 Å². The summed E-state index contributed by atoms with van der Waals surface area (Å²) in [6, 6.07) is 0. The predicted molar refractivity (Wildman–Crippen MR) is 128 cm³/mol. The Morgan fingerprint density at radius 1 is 1.00 bits per heavy atom. The largest absolute Gasteiger partial charge is 0.393 e. The highest BCUT2D eigenvalue weighted by atomic mass is 16.4. The molecule has 0 radical (unpaired) electrons. The van der Waals surface area contributed by atoms with Gasteiger partial charge in [-0.15, -0.1) is 0 Å². The van der Waals surface area contributed by atoms with E-state index in [1.807, 2.05) is 0 Å². The minimum atomic E-state index is -1.43. The van der Waals surface area contributed by atoms with E-state index in [-0.39, 0.29) is 23.7 Å². The summed E-state index contributed by atoms with van der Waals surface area (Å²) < 4.78 is 0. The van der Waals surface area contributed by atoms with Crippen LogP contribution in [0.1, 0.15) is 80.1 Å². The Balaban J connectivity index is 1.62. The number of allylic oxidation sites excluding steroid dienone is 3. The summed E-state index contributed by atoms with van der Waals surface area (Å²) in [5.74, 6) is 2.16. The van der Waals surface area contributed by atoms with Gasteiger partial charge in [-0.1, -0.05) is 65.3 Å². The van der Waals surface area contributed by atoms with Crippen molar-refractivity contribution in [2.75, 3.05) is 0 Å². The fourth-order valence-corrected chi connectivity index (χ4v) is 8.12. The lowest BCUT2D eigenvalue weighted by Crippen LogP contribution is -2.72. The molecule has 182 valence electrons. The summed E-state index contributed by atoms with van der Waals surface area (Å²) in [6.45, 7) is 13.6. The molecular formula is C28H46O4. The van der Waals surface area contributed by atoms with E-state index in [0.29, 0.717) is 36.5 Å². The van der Waals surface area contributed by atoms with E-state index in [0.717, 1.165) is 19.3 Å². The number of rotatable bonds is 4. The molecule has 4 N–H and O–H groups in total. The summed E-state index contributed by atoms with van der Waals surface area (Å²) in [5.41, 5.74) is -0.585. The van der Waals surface area contributed by atoms with Gasteiger partial charge in [0.05, 0.1) is 12.2 Å². The molecule has 4 aliphatic rings. The quantitative estimate of drug-likeness (QED) is 0.481. The van der Waals surface area contributed by atoms with E-state index < -0.39 is 29.3 Å². The molecule has 0 bridgehead atoms. The lowest BCUT2D eigenvalue weighted by Gasteiger charge is -2.65. The first-order valence-electron chi connectivity index (χ1n) is 13.0. The van der Waals surface area contributed by atoms with Crippen LogP contribution in [-0.2, 0) is 0 Å². The van der Waals surface area contributed by atoms with Gasteiger partial charge in [0.25, 0.3) is 0 Å². The first-order chi connectivity index (χ1) is 14.9. The topological polar surface area (TPSA) is 80.9 Å². The number of aliphatic hydroxyl groups is 4. The highest BCUT2D eigenvalue weighted by Gasteiger charge is 2.69. The highest BCUT2D eigenvalue weighted by Crippen LogP contribution is 2.67. The van der Waals surface area contributed by atoms with Crippen molar-refractivity contribution in [2.45, 2.75) is 104 Å². The van der Waals surface area contributed by atoms with Crippen molar-refractivity contribution < 1.29 is 20.4 Å². The van der Waals surface area contributed by atoms with Crippen molar-refractivity contribution in [1.29, 1.82) is 0 Å². The minimum Gasteiger partial charge on any atom is -0.393 e. The van der Waals surface area contributed by atoms with Gasteiger partial charge >= 0.3 is 0 Å². The first-order valence-corrected chi connectivity index (χ1v) is 13.0. The number of fused-ring (bicyclic) bond motifs is 5. The Morgan fingerprint density at radius 3 is 2.34 bits per heavy atom. The van der Waals surface area contributed by atoms with Crippen molar-refractivity contribution in [3.05, 3.63) is 23.8 Å². The fraction of sp³-hybridized carbons (Fsp3) is 0.857. The van der Waals surface area contributed by atoms with Crippen LogP contribution in [0.25, 0.3) is 0 Å². The van der Waals surface area contributed by atoms with Gasteiger partial charge in [0.1, 0.15) is 11.7 Å². The van der Waals surface area contributed by atoms with Gasteiger partial charge in [0.15, 0.2) is 0 Å². The van der Waals surface area contributed by atoms with Crippen LogP contribution in [-0.4, -0.2) is 44.3 Å². The smallest absolute Gasteiger partial charge is 0.110 e. The summed E-state index contributed by atoms with van der Waals surface area (Å²) >= 11 is 0. The average Bonchev–Trinajstić information content (AvgIpc) is 3.09. The van der Waals surface area contributed by atoms with Crippen molar-refractivity contribution in [1.82, 2.24) is 0 Å². The summed E-state index contributed by atoms with van der Waals surface area (Å²) in [7, 11) is 0. The molecule has 3 saturated carbocycles. The Morgan fingerprint density at radius 2 is 1.69 bits per heavy atom. The molecule has 0 aromatic rings. The highest BCUT2D eigenvalue weighted by molar-refractivity contribution is 5.34. The van der Waals surface area contributed by atoms with Crippen LogP contribution in [0.3, 0.4) is 0 Å². The molecule has 11 atom stereocenters. The predicted octanol–water partition coefficient (Wildman–Crippen LogP) is 4.47. The Bertz CT molecular complexity index is 773. The Hall–Kier alpha value is -0.680. The number of hydrogen-bond donors (Lipinski definition) is 4. The van der Waals surface area contributed by atoms with Gasteiger partial charge in [0, 0.05) is 17.8 Å². The lowest BCUT2D eigenvalue weighted by atomic mass is 9.42. The van der Waals surface area contributed by atoms with Crippen LogP contribution in [0.5, 0.6) is 0 Å². The maximum Gasteiger partial charge on any atom is 0.110 e. The maximum absolute atomic E-state index is 11.6. The lowest BCUT2D eigenvalue weighted by molar-refractivity contribution is -0.281. The average molecular weight is 447 g/mol. The van der Waals surface area contributed by atoms with E-state index in [2.05, 4.69) is 59.8 Å². The van der Waals surface area contributed by atoms with E-state index in [9.17, 15) is 20.4 Å². The third-order valence-corrected chi connectivity index (χ3v) is 10.8. The molecule has 4 nitrogen and oxygen atoms in total. The van der Waals surface area contributed by atoms with Gasteiger partial charge in [0.2, 0.25) is 0 Å². The van der Waals surface area contributed by atoms with Gasteiger partial charge < -0.3 is 20.4 Å². The maximum atomic E-state index is 11.6. The number of hydrogen-bond acceptors (Lipinski definition) is 4. The van der Waals surface area contributed by atoms with Gasteiger partial charge in [-0.3, -0.25) is 0 Å². The molecule has 0 aromatic carbocycles. The summed E-state index contributed by atoms with van der Waals surface area (Å²) in [4.78, 5) is 0. The van der Waals surface area contributed by atoms with E-state index in [1.54, 1.807) is 0 Å². The SMILES string of the molecule is CC(C)[C@@H](C)/C=C/[C@@H](C)[C@H]1CC=C2[C@@H]3[C@H](O)[C@H](O)[C@]4(O)C[C@@H](O)CC[C@]4(C)[C@H]3CC[C@@]21C. The van der Waals surface area contributed by atoms with Crippen LogP contribution >= 0.6 is 0 Å². The van der Waals surface area contributed by atoms with E-state index in [4.69, 9.17) is 0 Å². The normalized spacial score (nSPS) is 50.5. The van der Waals surface area contributed by atoms with Crippen LogP contribution in [0.2, 0.25) is 0 Å². The van der Waals surface area contributed by atoms with Crippen molar-refractivity contribution in [3.63, 3.8) is 0 Å². The van der Waals surface area contributed by atoms with Crippen LogP contribution < -0.4 is 0 Å². The Kier molecular flexibility index (Phi) is 6.28. The summed E-state index contributed by atoms with van der Waals surface area (Å²) in [6.07, 6.45) is 8.82. The van der Waals surface area contributed by atoms with Crippen LogP contribution in [0, 0.1) is 46.3 Å². The second-order valence-electron chi connectivity index (χ2n) is 12.6. The van der Waals surface area contributed by atoms with Crippen LogP contribution in [0.4, 0.5) is 0 Å². The zero-order chi connectivity index (χ0) is 23.6. The van der Waals surface area contributed by atoms with Crippen molar-refractivity contribution in [3.8, 4) is 0 Å². The molecule has 0 amide bonds. The van der Waals surface area contributed by atoms with Gasteiger partial charge in [-0.2, -0.15) is 0 Å². The first kappa shape index (κ1) is 24.4. The van der Waals surface area contributed by atoms with E-state index >= 15 is 0 Å². The molecule has 4 rings (SSSR count). The second-order valence-corrected chi connectivity index (χ2v) is 12.6. The summed E-state index contributed by atoms with van der Waals surface area (Å²) in [5, 5.41) is 44.4. The second kappa shape index (κ2) is 8.22. The molecule has 0 heterocycles. The molecular weight excluding hydrogens is 400 g/mol. The molecule has 32 heavy (non-hydrogen) atoms. The number of aliphatic hydroxyl groups excluding tert-OH is 3. The van der Waals surface area contributed by atoms with Crippen LogP contribution in [0.15, 0.2) is 23.8 Å². The van der Waals surface area contributed by atoms with Crippen molar-refractivity contribution >= 4 is 0 Å². The minimum absolute atomic E-state index is 0.0205. The molecule has 4 aliphatic carbocycles. The zero-order valence-electron chi connectivity index (χ0n) is 21.0. The molecule has 4 heteroatoms. The molecule has 0 aromatic heterocycles. The third kappa shape index (κ3) is 3.39. The van der Waals surface area contributed by atoms with Gasteiger partial charge in [-0.25, -0.2) is 0 Å². The fourth-order valence-electron chi connectivity index (χ4n) is 8.12. The molecule has 0 saturated heterocycles. The van der Waals surface area contributed by atoms with Gasteiger partial charge in [-0.05, 0) is 67.1 Å². The standard InChI is InChI=1S/C28H46O4/c1-16(2)17(3)7-8-18(4)20-9-10-21-23-22(12-13-26(20,21)5)27(6)14-11-19(29)15-28(27,32)25(31)24(23)30/h7-8,10,16-20,22-25,29-32H,9,11-15H2,1-6H3/b8-7+/t17-,18+,19-,20+,22-,23-,24-,25-,26+,27+,28+/m0/s1. The molecule has 0 unspecified atom stereocenters. The third-order valence-electron chi connectivity index (χ3n) is 10.8. The monoisotopic (exact) mass is 446 g/mol.